The van der Waals surface area contributed by atoms with Gasteiger partial charge in [0.05, 0.1) is 16.8 Å². The second-order valence-electron chi connectivity index (χ2n) is 8.07. The highest BCUT2D eigenvalue weighted by molar-refractivity contribution is 6.20. The Kier molecular flexibility index (Phi) is 3.29. The number of hydrogen-bond acceptors (Lipinski definition) is 1. The largest absolute Gasteiger partial charge is 0.251 e. The Labute approximate surface area is 171 Å². The van der Waals surface area contributed by atoms with E-state index >= 15 is 0 Å². The predicted octanol–water partition coefficient (Wildman–Crippen LogP) is 6.75. The number of benzene rings is 4. The summed E-state index contributed by atoms with van der Waals surface area (Å²) < 4.78 is 0. The molecule has 0 fully saturated rings. The minimum absolute atomic E-state index is 0.359. The lowest BCUT2D eigenvalue weighted by atomic mass is 9.68. The summed E-state index contributed by atoms with van der Waals surface area (Å²) in [6.45, 7) is 4.38. The molecule has 0 atom stereocenters. The summed E-state index contributed by atoms with van der Waals surface area (Å²) >= 11 is 0. The first-order chi connectivity index (χ1) is 14.2. The van der Waals surface area contributed by atoms with E-state index in [9.17, 15) is 0 Å². The van der Waals surface area contributed by atoms with Gasteiger partial charge in [0.25, 0.3) is 0 Å². The molecule has 2 aliphatic rings. The Morgan fingerprint density at radius 3 is 1.83 bits per heavy atom. The van der Waals surface area contributed by atoms with Crippen molar-refractivity contribution < 1.29 is 0 Å². The van der Waals surface area contributed by atoms with E-state index in [1.54, 1.807) is 0 Å². The van der Waals surface area contributed by atoms with Crippen molar-refractivity contribution in [3.63, 3.8) is 0 Å². The van der Waals surface area contributed by atoms with E-state index in [2.05, 4.69) is 105 Å². The maximum absolute atomic E-state index is 5.33. The van der Waals surface area contributed by atoms with Gasteiger partial charge in [0.2, 0.25) is 0 Å². The van der Waals surface area contributed by atoms with Gasteiger partial charge >= 0.3 is 0 Å². The van der Waals surface area contributed by atoms with Crippen molar-refractivity contribution in [2.45, 2.75) is 19.3 Å². The molecule has 4 aromatic carbocycles. The number of fused-ring (bicyclic) bond motifs is 7. The molecule has 0 bridgehead atoms. The van der Waals surface area contributed by atoms with E-state index in [-0.39, 0.29) is 5.41 Å². The van der Waals surface area contributed by atoms with E-state index in [1.807, 2.05) is 0 Å². The van der Waals surface area contributed by atoms with Crippen LogP contribution in [-0.4, -0.2) is 5.71 Å². The number of hydrogen-bond donors (Lipinski definition) is 0. The fourth-order valence-electron chi connectivity index (χ4n) is 5.23. The zero-order chi connectivity index (χ0) is 19.6. The molecule has 1 heteroatoms. The highest BCUT2D eigenvalue weighted by Crippen LogP contribution is 2.59. The molecule has 0 N–H and O–H groups in total. The van der Waals surface area contributed by atoms with Crippen LogP contribution < -0.4 is 0 Å². The van der Waals surface area contributed by atoms with Crippen LogP contribution in [0.5, 0.6) is 0 Å². The fourth-order valence-corrected chi connectivity index (χ4v) is 5.23. The quantitative estimate of drug-likeness (QED) is 0.351. The van der Waals surface area contributed by atoms with Crippen molar-refractivity contribution in [1.82, 2.24) is 0 Å². The lowest BCUT2D eigenvalue weighted by Crippen LogP contribution is -2.34. The molecular formula is C28H21N. The Balaban J connectivity index is 1.81. The molecule has 6 rings (SSSR count). The first-order valence-corrected chi connectivity index (χ1v) is 10.2. The molecule has 0 saturated carbocycles. The first kappa shape index (κ1) is 16.5. The van der Waals surface area contributed by atoms with Crippen LogP contribution in [0.4, 0.5) is 5.69 Å². The van der Waals surface area contributed by atoms with E-state index < -0.39 is 0 Å². The molecule has 1 spiro atoms. The van der Waals surface area contributed by atoms with Crippen LogP contribution in [0.15, 0.2) is 96.0 Å². The van der Waals surface area contributed by atoms with Gasteiger partial charge in [-0.25, -0.2) is 0 Å². The monoisotopic (exact) mass is 371 g/mol. The summed E-state index contributed by atoms with van der Waals surface area (Å²) in [5.74, 6) is 0. The van der Waals surface area contributed by atoms with Gasteiger partial charge in [-0.15, -0.1) is 0 Å². The molecule has 4 aromatic rings. The lowest BCUT2D eigenvalue weighted by molar-refractivity contribution is 0.880. The minimum Gasteiger partial charge on any atom is -0.251 e. The predicted molar refractivity (Wildman–Crippen MR) is 120 cm³/mol. The van der Waals surface area contributed by atoms with Gasteiger partial charge in [0.1, 0.15) is 0 Å². The van der Waals surface area contributed by atoms with Crippen molar-refractivity contribution in [3.8, 4) is 11.1 Å². The Morgan fingerprint density at radius 2 is 1.17 bits per heavy atom. The molecule has 0 unspecified atom stereocenters. The average molecular weight is 371 g/mol. The highest BCUT2D eigenvalue weighted by Gasteiger charge is 2.52. The van der Waals surface area contributed by atoms with Crippen LogP contribution in [0.3, 0.4) is 0 Å². The maximum atomic E-state index is 5.33. The molecule has 1 heterocycles. The third-order valence-electron chi connectivity index (χ3n) is 6.68. The van der Waals surface area contributed by atoms with Crippen molar-refractivity contribution in [3.05, 3.63) is 124 Å². The molecular weight excluding hydrogens is 350 g/mol. The van der Waals surface area contributed by atoms with Crippen LogP contribution >= 0.6 is 0 Å². The summed E-state index contributed by atoms with van der Waals surface area (Å²) in [6.07, 6.45) is 0. The summed E-state index contributed by atoms with van der Waals surface area (Å²) in [6, 6.07) is 32.9. The average Bonchev–Trinajstić information content (AvgIpc) is 3.27. The second-order valence-corrected chi connectivity index (χ2v) is 8.07. The fraction of sp³-hybridized carbons (Fsp3) is 0.107. The zero-order valence-corrected chi connectivity index (χ0v) is 16.6. The van der Waals surface area contributed by atoms with Gasteiger partial charge in [0.15, 0.2) is 0 Å². The zero-order valence-electron chi connectivity index (χ0n) is 16.6. The van der Waals surface area contributed by atoms with Crippen LogP contribution in [0.1, 0.15) is 33.4 Å². The highest BCUT2D eigenvalue weighted by atomic mass is 14.8. The third kappa shape index (κ3) is 1.97. The molecule has 1 nitrogen and oxygen atoms in total. The van der Waals surface area contributed by atoms with Gasteiger partial charge in [-0.2, -0.15) is 0 Å². The topological polar surface area (TPSA) is 12.4 Å². The summed E-state index contributed by atoms with van der Waals surface area (Å²) in [5, 5.41) is 0. The standard InChI is InChI=1S/C28H21N/c1-18-16-17-25-26(19(18)2)29-27(20-10-4-3-5-11-20)28(25)23-14-8-6-12-21(23)22-13-7-9-15-24(22)28/h3-17H,1-2H3. The SMILES string of the molecule is Cc1ccc2c(c1C)N=C(c1ccccc1)C21c2ccccc2-c2ccccc21. The molecule has 1 aliphatic carbocycles. The number of aryl methyl sites for hydroxylation is 1. The van der Waals surface area contributed by atoms with E-state index in [1.165, 1.54) is 44.5 Å². The summed E-state index contributed by atoms with van der Waals surface area (Å²) in [4.78, 5) is 5.33. The number of aliphatic imine (C=N–C) groups is 1. The number of nitrogens with zero attached hydrogens (tertiary/aromatic N) is 1. The molecule has 0 aromatic heterocycles. The van der Waals surface area contributed by atoms with Crippen LogP contribution in [0.2, 0.25) is 0 Å². The maximum Gasteiger partial charge on any atom is 0.0913 e. The van der Waals surface area contributed by atoms with Gasteiger partial charge in [0, 0.05) is 0 Å². The minimum atomic E-state index is -0.359. The summed E-state index contributed by atoms with van der Waals surface area (Å²) in [7, 11) is 0. The van der Waals surface area contributed by atoms with Gasteiger partial charge < -0.3 is 0 Å². The van der Waals surface area contributed by atoms with Gasteiger partial charge in [-0.1, -0.05) is 91.0 Å². The molecule has 1 aliphatic heterocycles. The van der Waals surface area contributed by atoms with E-state index in [0.717, 1.165) is 11.4 Å². The van der Waals surface area contributed by atoms with Crippen LogP contribution in [0.25, 0.3) is 11.1 Å². The van der Waals surface area contributed by atoms with Crippen molar-refractivity contribution in [2.75, 3.05) is 0 Å². The first-order valence-electron chi connectivity index (χ1n) is 10.2. The van der Waals surface area contributed by atoms with E-state index in [0.29, 0.717) is 0 Å². The third-order valence-corrected chi connectivity index (χ3v) is 6.68. The molecule has 0 amide bonds. The van der Waals surface area contributed by atoms with Gasteiger partial charge in [-0.05, 0) is 58.4 Å². The van der Waals surface area contributed by atoms with Crippen molar-refractivity contribution in [2.24, 2.45) is 4.99 Å². The molecule has 0 saturated heterocycles. The smallest absolute Gasteiger partial charge is 0.0913 e. The molecule has 0 radical (unpaired) electrons. The van der Waals surface area contributed by atoms with Crippen LogP contribution in [-0.2, 0) is 5.41 Å². The normalized spacial score (nSPS) is 15.0. The van der Waals surface area contributed by atoms with Crippen molar-refractivity contribution in [1.29, 1.82) is 0 Å². The number of rotatable bonds is 1. The summed E-state index contributed by atoms with van der Waals surface area (Å²) in [5.41, 5.74) is 12.3. The molecule has 138 valence electrons. The Bertz CT molecular complexity index is 1270. The van der Waals surface area contributed by atoms with Gasteiger partial charge in [-0.3, -0.25) is 4.99 Å². The van der Waals surface area contributed by atoms with Crippen molar-refractivity contribution >= 4 is 11.4 Å². The Morgan fingerprint density at radius 1 is 0.586 bits per heavy atom. The Hall–Kier alpha value is -3.45. The molecule has 29 heavy (non-hydrogen) atoms. The van der Waals surface area contributed by atoms with E-state index in [4.69, 9.17) is 4.99 Å². The van der Waals surface area contributed by atoms with Crippen LogP contribution in [0, 0.1) is 13.8 Å². The second kappa shape index (κ2) is 5.78. The lowest BCUT2D eigenvalue weighted by Gasteiger charge is -2.31.